The Kier molecular flexibility index (Phi) is 4.13. The number of pyridine rings is 1. The van der Waals surface area contributed by atoms with Crippen LogP contribution >= 0.6 is 0 Å². The van der Waals surface area contributed by atoms with Gasteiger partial charge in [-0.15, -0.1) is 0 Å². The zero-order chi connectivity index (χ0) is 13.7. The van der Waals surface area contributed by atoms with Gasteiger partial charge in [-0.05, 0) is 31.5 Å². The number of hydrogen-bond acceptors (Lipinski definition) is 3. The Hall–Kier alpha value is -2.36. The molecule has 0 fully saturated rings. The van der Waals surface area contributed by atoms with E-state index in [1.54, 1.807) is 18.5 Å². The highest BCUT2D eigenvalue weighted by atomic mass is 16.1. The van der Waals surface area contributed by atoms with Gasteiger partial charge < -0.3 is 10.6 Å². The molecule has 0 atom stereocenters. The van der Waals surface area contributed by atoms with E-state index >= 15 is 0 Å². The lowest BCUT2D eigenvalue weighted by molar-refractivity contribution is 0.102. The van der Waals surface area contributed by atoms with Gasteiger partial charge in [0.15, 0.2) is 0 Å². The Bertz CT molecular complexity index is 581. The highest BCUT2D eigenvalue weighted by Crippen LogP contribution is 2.18. The Labute approximate surface area is 112 Å². The van der Waals surface area contributed by atoms with Gasteiger partial charge in [0.05, 0.1) is 11.3 Å². The highest BCUT2D eigenvalue weighted by molar-refractivity contribution is 6.08. The third-order valence-electron chi connectivity index (χ3n) is 2.83. The molecule has 1 aromatic heterocycles. The first-order valence-corrected chi connectivity index (χ1v) is 6.27. The topological polar surface area (TPSA) is 54.0 Å². The van der Waals surface area contributed by atoms with E-state index in [0.29, 0.717) is 5.56 Å². The van der Waals surface area contributed by atoms with Gasteiger partial charge in [-0.3, -0.25) is 9.78 Å². The van der Waals surface area contributed by atoms with Crippen LogP contribution in [-0.2, 0) is 0 Å². The molecule has 2 N–H and O–H groups in total. The lowest BCUT2D eigenvalue weighted by Crippen LogP contribution is -2.15. The smallest absolute Gasteiger partial charge is 0.259 e. The summed E-state index contributed by atoms with van der Waals surface area (Å²) in [4.78, 5) is 16.3. The predicted octanol–water partition coefficient (Wildman–Crippen LogP) is 3.07. The number of hydrogen-bond donors (Lipinski definition) is 2. The molecular formula is C15H17N3O. The zero-order valence-electron chi connectivity index (χ0n) is 11.1. The molecule has 98 valence electrons. The van der Waals surface area contributed by atoms with Crippen LogP contribution in [-0.4, -0.2) is 17.4 Å². The van der Waals surface area contributed by atoms with Crippen molar-refractivity contribution in [3.8, 4) is 0 Å². The summed E-state index contributed by atoms with van der Waals surface area (Å²) >= 11 is 0. The number of amides is 1. The minimum atomic E-state index is -0.154. The van der Waals surface area contributed by atoms with E-state index in [2.05, 4.69) is 15.6 Å². The number of aryl methyl sites for hydroxylation is 1. The average molecular weight is 255 g/mol. The molecule has 0 aliphatic rings. The van der Waals surface area contributed by atoms with Gasteiger partial charge in [-0.25, -0.2) is 0 Å². The summed E-state index contributed by atoms with van der Waals surface area (Å²) in [7, 11) is 0. The molecule has 2 rings (SSSR count). The van der Waals surface area contributed by atoms with Gasteiger partial charge in [0.25, 0.3) is 5.91 Å². The van der Waals surface area contributed by atoms with Crippen molar-refractivity contribution in [3.05, 3.63) is 53.9 Å². The van der Waals surface area contributed by atoms with E-state index in [1.165, 1.54) is 0 Å². The van der Waals surface area contributed by atoms with Crippen molar-refractivity contribution < 1.29 is 4.79 Å². The summed E-state index contributed by atoms with van der Waals surface area (Å²) in [5, 5.41) is 6.06. The Morgan fingerprint density at radius 3 is 2.74 bits per heavy atom. The quantitative estimate of drug-likeness (QED) is 0.882. The number of nitrogens with one attached hydrogen (secondary N) is 2. The summed E-state index contributed by atoms with van der Waals surface area (Å²) in [6.45, 7) is 4.71. The van der Waals surface area contributed by atoms with E-state index < -0.39 is 0 Å². The number of aromatic nitrogens is 1. The molecule has 1 amide bonds. The Balaban J connectivity index is 2.23. The largest absolute Gasteiger partial charge is 0.385 e. The molecule has 0 radical (unpaired) electrons. The van der Waals surface area contributed by atoms with Gasteiger partial charge in [0.1, 0.15) is 0 Å². The van der Waals surface area contributed by atoms with Crippen molar-refractivity contribution in [2.75, 3.05) is 17.2 Å². The van der Waals surface area contributed by atoms with Gasteiger partial charge in [0, 0.05) is 24.6 Å². The van der Waals surface area contributed by atoms with Crippen LogP contribution in [0.2, 0.25) is 0 Å². The number of para-hydroxylation sites is 1. The number of carbonyl (C=O) groups is 1. The minimum Gasteiger partial charge on any atom is -0.385 e. The maximum atomic E-state index is 12.3. The molecule has 1 heterocycles. The van der Waals surface area contributed by atoms with Crippen LogP contribution in [0.5, 0.6) is 0 Å². The van der Waals surface area contributed by atoms with Crippen molar-refractivity contribution in [2.45, 2.75) is 13.8 Å². The maximum absolute atomic E-state index is 12.3. The van der Waals surface area contributed by atoms with Crippen LogP contribution in [0, 0.1) is 6.92 Å². The SMILES string of the molecule is CCNc1ccncc1C(=O)Nc1ccccc1C. The second kappa shape index (κ2) is 6.00. The lowest BCUT2D eigenvalue weighted by Gasteiger charge is -2.11. The zero-order valence-corrected chi connectivity index (χ0v) is 11.1. The summed E-state index contributed by atoms with van der Waals surface area (Å²) in [6.07, 6.45) is 3.24. The molecule has 0 spiro atoms. The number of carbonyl (C=O) groups excluding carboxylic acids is 1. The number of benzene rings is 1. The van der Waals surface area contributed by atoms with Crippen molar-refractivity contribution >= 4 is 17.3 Å². The first-order chi connectivity index (χ1) is 9.22. The third-order valence-corrected chi connectivity index (χ3v) is 2.83. The molecule has 4 nitrogen and oxygen atoms in total. The van der Waals surface area contributed by atoms with E-state index in [-0.39, 0.29) is 5.91 Å². The first-order valence-electron chi connectivity index (χ1n) is 6.27. The van der Waals surface area contributed by atoms with E-state index in [1.807, 2.05) is 38.1 Å². The van der Waals surface area contributed by atoms with Crippen molar-refractivity contribution in [3.63, 3.8) is 0 Å². The summed E-state index contributed by atoms with van der Waals surface area (Å²) in [5.41, 5.74) is 3.19. The van der Waals surface area contributed by atoms with E-state index in [9.17, 15) is 4.79 Å². The normalized spacial score (nSPS) is 10.0. The van der Waals surface area contributed by atoms with Crippen LogP contribution in [0.4, 0.5) is 11.4 Å². The molecular weight excluding hydrogens is 238 g/mol. The lowest BCUT2D eigenvalue weighted by atomic mass is 10.1. The molecule has 4 heteroatoms. The van der Waals surface area contributed by atoms with Gasteiger partial charge >= 0.3 is 0 Å². The third kappa shape index (κ3) is 3.10. The summed E-state index contributed by atoms with van der Waals surface area (Å²) < 4.78 is 0. The van der Waals surface area contributed by atoms with Crippen molar-refractivity contribution in [1.29, 1.82) is 0 Å². The monoisotopic (exact) mass is 255 g/mol. The molecule has 0 saturated carbocycles. The molecule has 0 saturated heterocycles. The molecule has 0 aliphatic carbocycles. The first kappa shape index (κ1) is 13.1. The highest BCUT2D eigenvalue weighted by Gasteiger charge is 2.12. The molecule has 0 unspecified atom stereocenters. The van der Waals surface area contributed by atoms with Gasteiger partial charge in [0.2, 0.25) is 0 Å². The van der Waals surface area contributed by atoms with Crippen LogP contribution in [0.1, 0.15) is 22.8 Å². The van der Waals surface area contributed by atoms with Crippen LogP contribution in [0.15, 0.2) is 42.7 Å². The number of rotatable bonds is 4. The van der Waals surface area contributed by atoms with Crippen molar-refractivity contribution in [1.82, 2.24) is 4.98 Å². The molecule has 0 aliphatic heterocycles. The Morgan fingerprint density at radius 1 is 1.21 bits per heavy atom. The van der Waals surface area contributed by atoms with Gasteiger partial charge in [-0.2, -0.15) is 0 Å². The van der Waals surface area contributed by atoms with Crippen LogP contribution in [0.3, 0.4) is 0 Å². The fourth-order valence-electron chi connectivity index (χ4n) is 1.82. The molecule has 2 aromatic rings. The summed E-state index contributed by atoms with van der Waals surface area (Å²) in [6, 6.07) is 9.49. The molecule has 1 aromatic carbocycles. The summed E-state index contributed by atoms with van der Waals surface area (Å²) in [5.74, 6) is -0.154. The van der Waals surface area contributed by atoms with Crippen LogP contribution in [0.25, 0.3) is 0 Å². The Morgan fingerprint density at radius 2 is 2.00 bits per heavy atom. The van der Waals surface area contributed by atoms with Gasteiger partial charge in [-0.1, -0.05) is 18.2 Å². The minimum absolute atomic E-state index is 0.154. The van der Waals surface area contributed by atoms with E-state index in [0.717, 1.165) is 23.5 Å². The second-order valence-corrected chi connectivity index (χ2v) is 4.22. The second-order valence-electron chi connectivity index (χ2n) is 4.22. The molecule has 19 heavy (non-hydrogen) atoms. The van der Waals surface area contributed by atoms with Crippen molar-refractivity contribution in [2.24, 2.45) is 0 Å². The maximum Gasteiger partial charge on any atom is 0.259 e. The number of nitrogens with zero attached hydrogens (tertiary/aromatic N) is 1. The molecule has 0 bridgehead atoms. The average Bonchev–Trinajstić information content (AvgIpc) is 2.42. The fraction of sp³-hybridized carbons (Fsp3) is 0.200. The fourth-order valence-corrected chi connectivity index (χ4v) is 1.82. The predicted molar refractivity (Wildman–Crippen MR) is 77.5 cm³/mol. The van der Waals surface area contributed by atoms with E-state index in [4.69, 9.17) is 0 Å². The number of anilines is 2. The van der Waals surface area contributed by atoms with Crippen LogP contribution < -0.4 is 10.6 Å². The standard InChI is InChI=1S/C15H17N3O/c1-3-17-14-8-9-16-10-12(14)15(19)18-13-7-5-4-6-11(13)2/h4-10H,3H2,1-2H3,(H,16,17)(H,18,19).